The molecule has 17 nitrogen and oxygen atoms in total. The maximum atomic E-state index is 12.3. The monoisotopic (exact) mass is 560 g/mol. The highest BCUT2D eigenvalue weighted by Crippen LogP contribution is 2.12. The summed E-state index contributed by atoms with van der Waals surface area (Å²) in [7, 11) is 0. The summed E-state index contributed by atoms with van der Waals surface area (Å²) in [6, 6.07) is 3.71. The van der Waals surface area contributed by atoms with Gasteiger partial charge in [-0.1, -0.05) is 0 Å². The Morgan fingerprint density at radius 2 is 1.70 bits per heavy atom. The van der Waals surface area contributed by atoms with Crippen LogP contribution in [0.25, 0.3) is 11.2 Å². The molecule has 0 aliphatic heterocycles. The summed E-state index contributed by atoms with van der Waals surface area (Å²) in [5.74, 6) is -4.34. The lowest BCUT2D eigenvalue weighted by Crippen LogP contribution is -2.41. The number of nitrogen functional groups attached to an aromatic ring is 1. The fourth-order valence-electron chi connectivity index (χ4n) is 2.96. The summed E-state index contributed by atoms with van der Waals surface area (Å²) in [6.07, 6.45) is -0.139. The molecule has 2 aromatic heterocycles. The van der Waals surface area contributed by atoms with Crippen molar-refractivity contribution in [2.24, 2.45) is 5.73 Å². The SMILES string of the molecule is C[C@@H](O)[C@H](N)C(=O)O.Nc1nc2ncc(CNc3ccc(C(=O)NC(CCC(=O)O)C(=O)O)cc3)nc2c(=O)[nH]1. The smallest absolute Gasteiger partial charge is 0.326 e. The maximum absolute atomic E-state index is 12.3. The van der Waals surface area contributed by atoms with E-state index in [0.29, 0.717) is 11.4 Å². The maximum Gasteiger partial charge on any atom is 0.326 e. The summed E-state index contributed by atoms with van der Waals surface area (Å²) in [5, 5.41) is 39.8. The second-order valence-electron chi connectivity index (χ2n) is 8.32. The number of hydrogen-bond donors (Lipinski definition) is 9. The number of carbonyl (C=O) groups excluding carboxylic acids is 1. The second kappa shape index (κ2) is 14.1. The van der Waals surface area contributed by atoms with Crippen LogP contribution in [0.5, 0.6) is 0 Å². The van der Waals surface area contributed by atoms with Crippen LogP contribution in [-0.4, -0.2) is 82.4 Å². The number of fused-ring (bicyclic) bond motifs is 1. The fraction of sp³-hybridized carbons (Fsp3) is 0.304. The van der Waals surface area contributed by atoms with Crippen LogP contribution in [0.15, 0.2) is 35.3 Å². The van der Waals surface area contributed by atoms with E-state index in [-0.39, 0.29) is 42.1 Å². The minimum absolute atomic E-state index is 0.0524. The number of benzene rings is 1. The number of aliphatic hydroxyl groups is 1. The summed E-state index contributed by atoms with van der Waals surface area (Å²) in [5.41, 5.74) is 11.4. The average molecular weight is 561 g/mol. The van der Waals surface area contributed by atoms with Crippen LogP contribution >= 0.6 is 0 Å². The first-order valence-electron chi connectivity index (χ1n) is 11.6. The molecule has 3 rings (SSSR count). The highest BCUT2D eigenvalue weighted by molar-refractivity contribution is 5.97. The van der Waals surface area contributed by atoms with Crippen LogP contribution in [0.4, 0.5) is 11.6 Å². The molecule has 3 atom stereocenters. The molecular formula is C23H28N8O9. The lowest BCUT2D eigenvalue weighted by atomic mass is 10.1. The van der Waals surface area contributed by atoms with Gasteiger partial charge < -0.3 is 42.5 Å². The molecule has 0 spiro atoms. The van der Waals surface area contributed by atoms with Crippen LogP contribution in [-0.2, 0) is 20.9 Å². The van der Waals surface area contributed by atoms with E-state index in [4.69, 9.17) is 31.9 Å². The van der Waals surface area contributed by atoms with E-state index in [2.05, 4.69) is 30.6 Å². The topological polar surface area (TPSA) is 297 Å². The molecule has 3 aromatic rings. The van der Waals surface area contributed by atoms with Crippen molar-refractivity contribution in [3.8, 4) is 0 Å². The van der Waals surface area contributed by atoms with E-state index in [1.807, 2.05) is 0 Å². The largest absolute Gasteiger partial charge is 0.481 e. The van der Waals surface area contributed by atoms with Crippen LogP contribution < -0.4 is 27.7 Å². The Hall–Kier alpha value is -5.16. The van der Waals surface area contributed by atoms with E-state index < -0.39 is 47.6 Å². The van der Waals surface area contributed by atoms with Gasteiger partial charge in [0.1, 0.15) is 12.1 Å². The standard InChI is InChI=1S/C19H19N7O6.C4H9NO3/c20-19-25-15-14(17(30)26-19)23-11(8-22-15)7-21-10-3-1-9(2-4-10)16(29)24-12(18(31)32)5-6-13(27)28;1-2(6)3(5)4(7)8/h1-4,8,12,21H,5-7H2,(H,24,29)(H,27,28)(H,31,32)(H3,20,22,25,26,30);2-3,6H,5H2,1H3,(H,7,8)/t;2-,3+/m.1/s1. The molecule has 0 bridgehead atoms. The third-order valence-electron chi connectivity index (χ3n) is 5.16. The van der Waals surface area contributed by atoms with Gasteiger partial charge in [0.25, 0.3) is 11.5 Å². The van der Waals surface area contributed by atoms with Crippen molar-refractivity contribution in [1.82, 2.24) is 25.3 Å². The number of nitrogens with zero attached hydrogens (tertiary/aromatic N) is 3. The van der Waals surface area contributed by atoms with Gasteiger partial charge in [-0.15, -0.1) is 0 Å². The number of carboxylic acids is 3. The number of H-pyrrole nitrogens is 1. The van der Waals surface area contributed by atoms with E-state index in [0.717, 1.165) is 0 Å². The minimum Gasteiger partial charge on any atom is -0.481 e. The molecule has 2 heterocycles. The first-order chi connectivity index (χ1) is 18.8. The number of carboxylic acid groups (broad SMARTS) is 3. The summed E-state index contributed by atoms with van der Waals surface area (Å²) < 4.78 is 0. The first-order valence-corrected chi connectivity index (χ1v) is 11.6. The average Bonchev–Trinajstić information content (AvgIpc) is 2.89. The molecule has 0 aliphatic carbocycles. The van der Waals surface area contributed by atoms with Gasteiger partial charge in [0.05, 0.1) is 24.5 Å². The number of anilines is 2. The van der Waals surface area contributed by atoms with E-state index in [1.54, 1.807) is 12.1 Å². The second-order valence-corrected chi connectivity index (χ2v) is 8.32. The van der Waals surface area contributed by atoms with Crippen molar-refractivity contribution in [2.45, 2.75) is 44.5 Å². The molecule has 0 aliphatic rings. The Balaban J connectivity index is 0.000000611. The third kappa shape index (κ3) is 9.30. The molecule has 40 heavy (non-hydrogen) atoms. The molecule has 1 amide bonds. The molecule has 0 saturated heterocycles. The highest BCUT2D eigenvalue weighted by atomic mass is 16.4. The number of carbonyl (C=O) groups is 4. The number of nitrogens with one attached hydrogen (secondary N) is 3. The molecule has 17 heteroatoms. The fourth-order valence-corrected chi connectivity index (χ4v) is 2.96. The Bertz CT molecular complexity index is 1430. The molecule has 11 N–H and O–H groups in total. The van der Waals surface area contributed by atoms with E-state index in [9.17, 15) is 24.0 Å². The summed E-state index contributed by atoms with van der Waals surface area (Å²) in [4.78, 5) is 70.4. The van der Waals surface area contributed by atoms with Gasteiger partial charge in [-0.25, -0.2) is 14.8 Å². The number of nitrogens with two attached hydrogens (primary N) is 2. The number of aromatic amines is 1. The van der Waals surface area contributed by atoms with Crippen molar-refractivity contribution in [3.63, 3.8) is 0 Å². The zero-order valence-electron chi connectivity index (χ0n) is 21.1. The number of hydrogen-bond acceptors (Lipinski definition) is 12. The predicted octanol–water partition coefficient (Wildman–Crippen LogP) is -1.27. The number of amides is 1. The Labute approximate surface area is 225 Å². The molecule has 1 aromatic carbocycles. The van der Waals surface area contributed by atoms with Crippen LogP contribution in [0.2, 0.25) is 0 Å². The van der Waals surface area contributed by atoms with Crippen molar-refractivity contribution in [2.75, 3.05) is 11.1 Å². The van der Waals surface area contributed by atoms with Crippen LogP contribution in [0.1, 0.15) is 35.8 Å². The number of aliphatic hydroxyl groups excluding tert-OH is 1. The Morgan fingerprint density at radius 1 is 1.05 bits per heavy atom. The highest BCUT2D eigenvalue weighted by Gasteiger charge is 2.21. The number of aliphatic carboxylic acids is 3. The van der Waals surface area contributed by atoms with Gasteiger partial charge >= 0.3 is 17.9 Å². The Kier molecular flexibility index (Phi) is 11.0. The van der Waals surface area contributed by atoms with E-state index in [1.165, 1.54) is 25.3 Å². The van der Waals surface area contributed by atoms with Crippen molar-refractivity contribution < 1.29 is 39.6 Å². The van der Waals surface area contributed by atoms with Gasteiger partial charge in [-0.2, -0.15) is 4.98 Å². The third-order valence-corrected chi connectivity index (χ3v) is 5.16. The lowest BCUT2D eigenvalue weighted by Gasteiger charge is -2.14. The first kappa shape index (κ1) is 31.1. The summed E-state index contributed by atoms with van der Waals surface area (Å²) in [6.45, 7) is 1.56. The quantitative estimate of drug-likeness (QED) is 0.132. The molecule has 0 fully saturated rings. The van der Waals surface area contributed by atoms with Gasteiger partial charge in [0.15, 0.2) is 11.2 Å². The van der Waals surface area contributed by atoms with Crippen molar-refractivity contribution in [3.05, 3.63) is 52.1 Å². The number of aromatic nitrogens is 4. The molecular weight excluding hydrogens is 532 g/mol. The normalized spacial score (nSPS) is 12.8. The zero-order chi connectivity index (χ0) is 30.0. The summed E-state index contributed by atoms with van der Waals surface area (Å²) >= 11 is 0. The molecule has 1 unspecified atom stereocenters. The van der Waals surface area contributed by atoms with Crippen LogP contribution in [0, 0.1) is 0 Å². The number of rotatable bonds is 11. The zero-order valence-corrected chi connectivity index (χ0v) is 21.1. The van der Waals surface area contributed by atoms with E-state index >= 15 is 0 Å². The van der Waals surface area contributed by atoms with Crippen LogP contribution in [0.3, 0.4) is 0 Å². The molecule has 0 radical (unpaired) electrons. The van der Waals surface area contributed by atoms with Gasteiger partial charge in [0.2, 0.25) is 5.95 Å². The van der Waals surface area contributed by atoms with Crippen molar-refractivity contribution in [1.29, 1.82) is 0 Å². The predicted molar refractivity (Wildman–Crippen MR) is 139 cm³/mol. The molecule has 0 saturated carbocycles. The Morgan fingerprint density at radius 3 is 2.23 bits per heavy atom. The van der Waals surface area contributed by atoms with Gasteiger partial charge in [-0.05, 0) is 37.6 Å². The van der Waals surface area contributed by atoms with Gasteiger partial charge in [0, 0.05) is 17.7 Å². The lowest BCUT2D eigenvalue weighted by molar-refractivity contribution is -0.142. The van der Waals surface area contributed by atoms with Gasteiger partial charge in [-0.3, -0.25) is 24.2 Å². The van der Waals surface area contributed by atoms with Crippen molar-refractivity contribution >= 4 is 46.6 Å². The minimum atomic E-state index is -1.31. The molecule has 214 valence electrons.